The van der Waals surface area contributed by atoms with Gasteiger partial charge in [0.25, 0.3) is 5.91 Å². The summed E-state index contributed by atoms with van der Waals surface area (Å²) in [5.74, 6) is -0.348. The van der Waals surface area contributed by atoms with Crippen LogP contribution in [0.2, 0.25) is 0 Å². The van der Waals surface area contributed by atoms with Gasteiger partial charge in [-0.2, -0.15) is 5.10 Å². The third kappa shape index (κ3) is 3.99. The van der Waals surface area contributed by atoms with Gasteiger partial charge in [-0.05, 0) is 76.9 Å². The van der Waals surface area contributed by atoms with E-state index in [1.165, 1.54) is 50.2 Å². The molecule has 0 aliphatic carbocycles. The van der Waals surface area contributed by atoms with E-state index in [0.717, 1.165) is 37.2 Å². The van der Waals surface area contributed by atoms with Crippen LogP contribution >= 0.6 is 0 Å². The number of hydrogen-bond acceptors (Lipinski definition) is 4. The SMILES string of the molecule is CC1(C)c2[nH]nc(NC(=O)c3ccc(F)cc3)c2CN1C(=O)N1CCC(N2CCCC2)CC1. The quantitative estimate of drug-likeness (QED) is 0.743. The third-order valence-corrected chi connectivity index (χ3v) is 7.43. The van der Waals surface area contributed by atoms with Crippen LogP contribution in [0.15, 0.2) is 24.3 Å². The first-order valence-electron chi connectivity index (χ1n) is 11.8. The zero-order valence-electron chi connectivity index (χ0n) is 19.2. The predicted octanol–water partition coefficient (Wildman–Crippen LogP) is 3.53. The van der Waals surface area contributed by atoms with Gasteiger partial charge in [-0.25, -0.2) is 9.18 Å². The standard InChI is InChI=1S/C24H31FN6O2/c1-24(2)20-19(21(28-27-20)26-22(32)16-5-7-17(25)8-6-16)15-31(24)23(33)30-13-9-18(10-14-30)29-11-3-4-12-29/h5-8,18H,3-4,9-15H2,1-2H3,(H2,26,27,28,32). The number of carbonyl (C=O) groups excluding carboxylic acids is 2. The van der Waals surface area contributed by atoms with Crippen molar-refractivity contribution in [2.45, 2.75) is 57.7 Å². The van der Waals surface area contributed by atoms with E-state index >= 15 is 0 Å². The van der Waals surface area contributed by atoms with Crippen LogP contribution in [0.3, 0.4) is 0 Å². The fraction of sp³-hybridized carbons (Fsp3) is 0.542. The second-order valence-electron chi connectivity index (χ2n) is 9.78. The number of halogens is 1. The lowest BCUT2D eigenvalue weighted by atomic mass is 10.0. The second kappa shape index (κ2) is 8.44. The van der Waals surface area contributed by atoms with Gasteiger partial charge in [0.15, 0.2) is 5.82 Å². The van der Waals surface area contributed by atoms with Crippen LogP contribution in [-0.4, -0.2) is 69.1 Å². The number of nitrogens with zero attached hydrogens (tertiary/aromatic N) is 4. The van der Waals surface area contributed by atoms with Crippen LogP contribution in [0, 0.1) is 5.82 Å². The van der Waals surface area contributed by atoms with Crippen LogP contribution in [0.1, 0.15) is 61.1 Å². The van der Waals surface area contributed by atoms with Crippen molar-refractivity contribution in [1.82, 2.24) is 24.9 Å². The lowest BCUT2D eigenvalue weighted by Crippen LogP contribution is -2.52. The van der Waals surface area contributed by atoms with Crippen molar-refractivity contribution >= 4 is 17.8 Å². The summed E-state index contributed by atoms with van der Waals surface area (Å²) in [7, 11) is 0. The van der Waals surface area contributed by atoms with Crippen LogP contribution in [0.5, 0.6) is 0 Å². The molecule has 0 unspecified atom stereocenters. The van der Waals surface area contributed by atoms with Gasteiger partial charge in [0.2, 0.25) is 0 Å². The molecule has 3 amide bonds. The first-order valence-corrected chi connectivity index (χ1v) is 11.8. The van der Waals surface area contributed by atoms with Gasteiger partial charge in [0, 0.05) is 30.3 Å². The van der Waals surface area contributed by atoms with Gasteiger partial charge in [-0.15, -0.1) is 0 Å². The third-order valence-electron chi connectivity index (χ3n) is 7.43. The van der Waals surface area contributed by atoms with E-state index in [9.17, 15) is 14.0 Å². The maximum absolute atomic E-state index is 13.5. The summed E-state index contributed by atoms with van der Waals surface area (Å²) in [6, 6.07) is 5.99. The number of rotatable bonds is 3. The lowest BCUT2D eigenvalue weighted by Gasteiger charge is -2.41. The zero-order chi connectivity index (χ0) is 23.2. The van der Waals surface area contributed by atoms with Crippen molar-refractivity contribution in [3.8, 4) is 0 Å². The summed E-state index contributed by atoms with van der Waals surface area (Å²) in [6.45, 7) is 8.29. The number of nitrogens with one attached hydrogen (secondary N) is 2. The van der Waals surface area contributed by atoms with E-state index in [4.69, 9.17) is 0 Å². The molecule has 4 heterocycles. The molecule has 0 bridgehead atoms. The lowest BCUT2D eigenvalue weighted by molar-refractivity contribution is 0.0833. The number of anilines is 1. The summed E-state index contributed by atoms with van der Waals surface area (Å²) in [5.41, 5.74) is 1.43. The first kappa shape index (κ1) is 21.9. The van der Waals surface area contributed by atoms with Gasteiger partial charge >= 0.3 is 6.03 Å². The average Bonchev–Trinajstić information content (AvgIpc) is 3.53. The molecular weight excluding hydrogens is 423 g/mol. The Morgan fingerprint density at radius 3 is 2.42 bits per heavy atom. The van der Waals surface area contributed by atoms with Crippen molar-refractivity contribution < 1.29 is 14.0 Å². The summed E-state index contributed by atoms with van der Waals surface area (Å²) >= 11 is 0. The molecule has 1 aromatic carbocycles. The molecule has 33 heavy (non-hydrogen) atoms. The molecule has 2 fully saturated rings. The molecule has 0 radical (unpaired) electrons. The average molecular weight is 455 g/mol. The molecule has 2 saturated heterocycles. The molecule has 2 N–H and O–H groups in total. The molecule has 0 saturated carbocycles. The summed E-state index contributed by atoms with van der Waals surface area (Å²) in [5, 5.41) is 10.1. The number of benzene rings is 1. The van der Waals surface area contributed by atoms with Crippen molar-refractivity contribution in [2.24, 2.45) is 0 Å². The number of piperidine rings is 1. The van der Waals surface area contributed by atoms with Gasteiger partial charge in [0.05, 0.1) is 17.8 Å². The van der Waals surface area contributed by atoms with Gasteiger partial charge in [-0.3, -0.25) is 9.89 Å². The Labute approximate surface area is 193 Å². The van der Waals surface area contributed by atoms with E-state index in [2.05, 4.69) is 20.4 Å². The Morgan fingerprint density at radius 2 is 1.76 bits per heavy atom. The highest BCUT2D eigenvalue weighted by molar-refractivity contribution is 6.04. The normalized spacial score (nSPS) is 20.8. The van der Waals surface area contributed by atoms with Gasteiger partial charge < -0.3 is 20.0 Å². The number of H-pyrrole nitrogens is 1. The minimum absolute atomic E-state index is 0.0280. The number of fused-ring (bicyclic) bond motifs is 1. The molecule has 3 aliphatic heterocycles. The van der Waals surface area contributed by atoms with Crippen molar-refractivity contribution in [3.05, 3.63) is 46.9 Å². The zero-order valence-corrected chi connectivity index (χ0v) is 19.2. The number of likely N-dealkylation sites (tertiary alicyclic amines) is 2. The second-order valence-corrected chi connectivity index (χ2v) is 9.78. The molecule has 0 atom stereocenters. The number of urea groups is 1. The van der Waals surface area contributed by atoms with Gasteiger partial charge in [0.1, 0.15) is 5.82 Å². The summed E-state index contributed by atoms with van der Waals surface area (Å²) in [4.78, 5) is 32.5. The van der Waals surface area contributed by atoms with Crippen LogP contribution in [0.25, 0.3) is 0 Å². The molecule has 9 heteroatoms. The smallest absolute Gasteiger partial charge is 0.321 e. The summed E-state index contributed by atoms with van der Waals surface area (Å²) in [6.07, 6.45) is 4.61. The van der Waals surface area contributed by atoms with Crippen LogP contribution in [-0.2, 0) is 12.1 Å². The molecule has 0 spiro atoms. The van der Waals surface area contributed by atoms with Crippen LogP contribution in [0.4, 0.5) is 15.0 Å². The fourth-order valence-corrected chi connectivity index (χ4v) is 5.41. The highest BCUT2D eigenvalue weighted by Crippen LogP contribution is 2.41. The van der Waals surface area contributed by atoms with Crippen molar-refractivity contribution in [1.29, 1.82) is 0 Å². The maximum Gasteiger partial charge on any atom is 0.321 e. The molecule has 3 aliphatic rings. The number of hydrogen-bond donors (Lipinski definition) is 2. The summed E-state index contributed by atoms with van der Waals surface area (Å²) < 4.78 is 13.2. The highest BCUT2D eigenvalue weighted by Gasteiger charge is 2.45. The first-order chi connectivity index (χ1) is 15.8. The van der Waals surface area contributed by atoms with E-state index < -0.39 is 11.4 Å². The van der Waals surface area contributed by atoms with E-state index in [0.29, 0.717) is 24.0 Å². The number of aromatic nitrogens is 2. The molecule has 8 nitrogen and oxygen atoms in total. The number of amides is 3. The monoisotopic (exact) mass is 454 g/mol. The molecule has 2 aromatic rings. The van der Waals surface area contributed by atoms with Gasteiger partial charge in [-0.1, -0.05) is 0 Å². The van der Waals surface area contributed by atoms with Crippen LogP contribution < -0.4 is 5.32 Å². The van der Waals surface area contributed by atoms with E-state index in [1.54, 1.807) is 0 Å². The molecule has 5 rings (SSSR count). The largest absolute Gasteiger partial charge is 0.325 e. The Balaban J connectivity index is 1.26. The number of carbonyl (C=O) groups is 2. The fourth-order valence-electron chi connectivity index (χ4n) is 5.41. The topological polar surface area (TPSA) is 84.6 Å². The van der Waals surface area contributed by atoms with E-state index in [-0.39, 0.29) is 11.9 Å². The highest BCUT2D eigenvalue weighted by atomic mass is 19.1. The minimum Gasteiger partial charge on any atom is -0.325 e. The number of aromatic amines is 1. The maximum atomic E-state index is 13.5. The Bertz CT molecular complexity index is 1040. The van der Waals surface area contributed by atoms with Crippen molar-refractivity contribution in [2.75, 3.05) is 31.5 Å². The Hall–Kier alpha value is -2.94. The Kier molecular flexibility index (Phi) is 5.60. The predicted molar refractivity (Wildman–Crippen MR) is 122 cm³/mol. The molecule has 176 valence electrons. The molecule has 1 aromatic heterocycles. The molecular formula is C24H31FN6O2. The Morgan fingerprint density at radius 1 is 1.09 bits per heavy atom. The minimum atomic E-state index is -0.565. The van der Waals surface area contributed by atoms with Crippen molar-refractivity contribution in [3.63, 3.8) is 0 Å². The van der Waals surface area contributed by atoms with E-state index in [1.807, 2.05) is 23.6 Å².